The molecule has 0 bridgehead atoms. The molecular formula is C21H20F2N2O5S2. The third-order valence-corrected chi connectivity index (χ3v) is 7.49. The van der Waals surface area contributed by atoms with Gasteiger partial charge in [0, 0.05) is 17.8 Å². The minimum absolute atomic E-state index is 0.0386. The van der Waals surface area contributed by atoms with E-state index in [-0.39, 0.29) is 16.9 Å². The Morgan fingerprint density at radius 1 is 1.16 bits per heavy atom. The molecule has 170 valence electrons. The van der Waals surface area contributed by atoms with E-state index in [2.05, 4.69) is 0 Å². The Bertz CT molecular complexity index is 1170. The number of halogens is 2. The van der Waals surface area contributed by atoms with Crippen molar-refractivity contribution in [2.24, 2.45) is 0 Å². The maximum absolute atomic E-state index is 13.8. The van der Waals surface area contributed by atoms with Gasteiger partial charge in [-0.3, -0.25) is 10.0 Å². The first-order valence-electron chi connectivity index (χ1n) is 9.32. The molecule has 0 radical (unpaired) electrons. The van der Waals surface area contributed by atoms with Crippen molar-refractivity contribution in [3.8, 4) is 5.75 Å². The number of sulfonamides is 1. The summed E-state index contributed by atoms with van der Waals surface area (Å²) in [5.41, 5.74) is 1.64. The second-order valence-corrected chi connectivity index (χ2v) is 9.67. The quantitative estimate of drug-likeness (QED) is 0.360. The maximum Gasteiger partial charge on any atom is 0.262 e. The fourth-order valence-electron chi connectivity index (χ4n) is 3.08. The highest BCUT2D eigenvalue weighted by Gasteiger charge is 2.36. The van der Waals surface area contributed by atoms with Gasteiger partial charge < -0.3 is 4.74 Å². The average Bonchev–Trinajstić information content (AvgIpc) is 3.31. The monoisotopic (exact) mass is 482 g/mol. The van der Waals surface area contributed by atoms with E-state index in [1.807, 2.05) is 0 Å². The molecule has 11 heteroatoms. The number of hydrogen-bond acceptors (Lipinski definition) is 6. The fraction of sp³-hybridized carbons (Fsp3) is 0.190. The summed E-state index contributed by atoms with van der Waals surface area (Å²) in [4.78, 5) is 13.1. The molecule has 0 saturated carbocycles. The number of rotatable bonds is 9. The van der Waals surface area contributed by atoms with Crippen LogP contribution in [0.5, 0.6) is 5.75 Å². The van der Waals surface area contributed by atoms with Crippen molar-refractivity contribution < 1.29 is 31.9 Å². The van der Waals surface area contributed by atoms with E-state index < -0.39 is 40.2 Å². The topological polar surface area (TPSA) is 95.9 Å². The largest absolute Gasteiger partial charge is 0.497 e. The summed E-state index contributed by atoms with van der Waals surface area (Å²) in [5, 5.41) is 11.1. The third kappa shape index (κ3) is 5.30. The molecule has 7 nitrogen and oxygen atoms in total. The SMILES string of the molecule is COc1ccc(S(=O)(=O)N(Cc2ccc(F)c(F)c2)[C@H](Cc2cccs2)C(=O)NO)cc1. The Hall–Kier alpha value is -2.86. The molecule has 2 aromatic carbocycles. The van der Waals surface area contributed by atoms with Crippen LogP contribution < -0.4 is 10.2 Å². The number of thiophene rings is 1. The van der Waals surface area contributed by atoms with Crippen molar-refractivity contribution in [2.75, 3.05) is 7.11 Å². The number of carbonyl (C=O) groups excluding carboxylic acids is 1. The summed E-state index contributed by atoms with van der Waals surface area (Å²) in [7, 11) is -2.88. The van der Waals surface area contributed by atoms with E-state index in [0.29, 0.717) is 10.6 Å². The summed E-state index contributed by atoms with van der Waals surface area (Å²) < 4.78 is 60.2. The summed E-state index contributed by atoms with van der Waals surface area (Å²) >= 11 is 1.31. The van der Waals surface area contributed by atoms with Crippen LogP contribution in [0.3, 0.4) is 0 Å². The number of amides is 1. The zero-order valence-corrected chi connectivity index (χ0v) is 18.5. The van der Waals surface area contributed by atoms with Gasteiger partial charge in [-0.15, -0.1) is 11.3 Å². The molecule has 0 aliphatic heterocycles. The lowest BCUT2D eigenvalue weighted by Gasteiger charge is -2.29. The predicted octanol–water partition coefficient (Wildman–Crippen LogP) is 3.34. The second-order valence-electron chi connectivity index (χ2n) is 6.75. The van der Waals surface area contributed by atoms with Gasteiger partial charge in [-0.2, -0.15) is 4.31 Å². The first-order chi connectivity index (χ1) is 15.3. The first kappa shape index (κ1) is 23.8. The molecule has 3 rings (SSSR count). The van der Waals surface area contributed by atoms with Crippen LogP contribution in [0.1, 0.15) is 10.4 Å². The Kier molecular flexibility index (Phi) is 7.56. The highest BCUT2D eigenvalue weighted by atomic mass is 32.2. The van der Waals surface area contributed by atoms with Gasteiger partial charge in [0.05, 0.1) is 12.0 Å². The molecule has 0 fully saturated rings. The zero-order chi connectivity index (χ0) is 23.3. The Morgan fingerprint density at radius 2 is 1.88 bits per heavy atom. The third-order valence-electron chi connectivity index (χ3n) is 4.72. The molecule has 0 unspecified atom stereocenters. The molecule has 1 heterocycles. The van der Waals surface area contributed by atoms with Crippen LogP contribution in [-0.4, -0.2) is 37.0 Å². The Balaban J connectivity index is 2.08. The van der Waals surface area contributed by atoms with Gasteiger partial charge in [0.2, 0.25) is 10.0 Å². The minimum atomic E-state index is -4.31. The van der Waals surface area contributed by atoms with Crippen LogP contribution in [0, 0.1) is 11.6 Å². The van der Waals surface area contributed by atoms with Crippen LogP contribution in [0.15, 0.2) is 64.9 Å². The minimum Gasteiger partial charge on any atom is -0.497 e. The summed E-state index contributed by atoms with van der Waals surface area (Å²) in [6, 6.07) is 10.6. The predicted molar refractivity (Wildman–Crippen MR) is 114 cm³/mol. The van der Waals surface area contributed by atoms with Gasteiger partial charge in [0.25, 0.3) is 5.91 Å². The number of hydrogen-bond donors (Lipinski definition) is 2. The Morgan fingerprint density at radius 3 is 2.44 bits per heavy atom. The molecule has 0 aliphatic rings. The van der Waals surface area contributed by atoms with Crippen LogP contribution >= 0.6 is 11.3 Å². The van der Waals surface area contributed by atoms with E-state index in [1.165, 1.54) is 54.3 Å². The van der Waals surface area contributed by atoms with Crippen molar-refractivity contribution in [2.45, 2.75) is 23.9 Å². The van der Waals surface area contributed by atoms with Gasteiger partial charge in [-0.25, -0.2) is 22.7 Å². The number of nitrogens with one attached hydrogen (secondary N) is 1. The summed E-state index contributed by atoms with van der Waals surface area (Å²) in [6.45, 7) is -0.435. The van der Waals surface area contributed by atoms with E-state index in [9.17, 15) is 27.2 Å². The van der Waals surface area contributed by atoms with Crippen molar-refractivity contribution in [3.63, 3.8) is 0 Å². The lowest BCUT2D eigenvalue weighted by Crippen LogP contribution is -2.49. The lowest BCUT2D eigenvalue weighted by atomic mass is 10.1. The first-order valence-corrected chi connectivity index (χ1v) is 11.6. The Labute approximate surface area is 187 Å². The molecule has 2 N–H and O–H groups in total. The highest BCUT2D eigenvalue weighted by molar-refractivity contribution is 7.89. The molecule has 1 aromatic heterocycles. The maximum atomic E-state index is 13.8. The molecule has 1 amide bonds. The normalized spacial score (nSPS) is 12.5. The number of hydroxylamine groups is 1. The van der Waals surface area contributed by atoms with Gasteiger partial charge in [-0.05, 0) is 53.4 Å². The van der Waals surface area contributed by atoms with Crippen molar-refractivity contribution in [3.05, 3.63) is 82.1 Å². The van der Waals surface area contributed by atoms with Crippen LogP contribution in [0.25, 0.3) is 0 Å². The van der Waals surface area contributed by atoms with E-state index >= 15 is 0 Å². The number of nitrogens with zero attached hydrogens (tertiary/aromatic N) is 1. The van der Waals surface area contributed by atoms with Crippen LogP contribution in [-0.2, 0) is 27.8 Å². The number of benzene rings is 2. The molecule has 0 aliphatic carbocycles. The van der Waals surface area contributed by atoms with E-state index in [1.54, 1.807) is 17.5 Å². The van der Waals surface area contributed by atoms with Gasteiger partial charge in [0.1, 0.15) is 11.8 Å². The number of ether oxygens (including phenoxy) is 1. The summed E-state index contributed by atoms with van der Waals surface area (Å²) in [6.07, 6.45) is -0.0386. The number of carbonyl (C=O) groups is 1. The van der Waals surface area contributed by atoms with Crippen molar-refractivity contribution in [1.82, 2.24) is 9.79 Å². The van der Waals surface area contributed by atoms with Gasteiger partial charge >= 0.3 is 0 Å². The zero-order valence-electron chi connectivity index (χ0n) is 16.9. The van der Waals surface area contributed by atoms with Crippen LogP contribution in [0.2, 0.25) is 0 Å². The van der Waals surface area contributed by atoms with Gasteiger partial charge in [-0.1, -0.05) is 12.1 Å². The van der Waals surface area contributed by atoms with Crippen molar-refractivity contribution in [1.29, 1.82) is 0 Å². The molecule has 32 heavy (non-hydrogen) atoms. The molecule has 0 spiro atoms. The van der Waals surface area contributed by atoms with E-state index in [0.717, 1.165) is 16.4 Å². The average molecular weight is 483 g/mol. The second kappa shape index (κ2) is 10.2. The van der Waals surface area contributed by atoms with E-state index in [4.69, 9.17) is 4.74 Å². The fourth-order valence-corrected chi connectivity index (χ4v) is 5.40. The molecule has 0 saturated heterocycles. The standard InChI is InChI=1S/C21H20F2N2O5S2/c1-30-15-5-7-17(8-6-15)32(28,29)25(13-14-4-9-18(22)19(23)11-14)20(21(26)24-27)12-16-3-2-10-31-16/h2-11,20,27H,12-13H2,1H3,(H,24,26)/t20-/m1/s1. The highest BCUT2D eigenvalue weighted by Crippen LogP contribution is 2.26. The smallest absolute Gasteiger partial charge is 0.262 e. The van der Waals surface area contributed by atoms with Gasteiger partial charge in [0.15, 0.2) is 11.6 Å². The molecule has 3 aromatic rings. The molecular weight excluding hydrogens is 462 g/mol. The molecule has 1 atom stereocenters. The number of methoxy groups -OCH3 is 1. The van der Waals surface area contributed by atoms with Crippen LogP contribution in [0.4, 0.5) is 8.78 Å². The lowest BCUT2D eigenvalue weighted by molar-refractivity contribution is -0.133. The van der Waals surface area contributed by atoms with Crippen molar-refractivity contribution >= 4 is 27.3 Å². The summed E-state index contributed by atoms with van der Waals surface area (Å²) in [5.74, 6) is -2.76.